The molecule has 0 aromatic heterocycles. The van der Waals surface area contributed by atoms with Gasteiger partial charge >= 0.3 is 0 Å². The van der Waals surface area contributed by atoms with Crippen molar-refractivity contribution in [3.63, 3.8) is 0 Å². The standard InChI is InChI=1S/C26H34N4O3/c1-32-22-8-7-20-17-23(26(31)27-9-10-28-13-15-33-16-14-28)25-19-29(21-5-3-2-4-6-21)11-12-30(25)24(20)18-22/h2-8,18,23,25H,9-17,19H2,1H3,(H,27,31)/t23-,25-/m1/s1. The summed E-state index contributed by atoms with van der Waals surface area (Å²) in [5, 5.41) is 3.25. The Morgan fingerprint density at radius 1 is 1.09 bits per heavy atom. The normalized spacial score (nSPS) is 22.9. The summed E-state index contributed by atoms with van der Waals surface area (Å²) in [6, 6.07) is 16.9. The summed E-state index contributed by atoms with van der Waals surface area (Å²) < 4.78 is 10.9. The third-order valence-corrected chi connectivity index (χ3v) is 7.21. The smallest absolute Gasteiger partial charge is 0.225 e. The number of para-hydroxylation sites is 1. The summed E-state index contributed by atoms with van der Waals surface area (Å²) >= 11 is 0. The minimum absolute atomic E-state index is 0.0814. The first-order chi connectivity index (χ1) is 16.2. The summed E-state index contributed by atoms with van der Waals surface area (Å²) in [5.74, 6) is 0.947. The van der Waals surface area contributed by atoms with Crippen LogP contribution in [0.1, 0.15) is 5.56 Å². The van der Waals surface area contributed by atoms with E-state index in [9.17, 15) is 4.79 Å². The van der Waals surface area contributed by atoms with Crippen LogP contribution in [0.15, 0.2) is 48.5 Å². The molecule has 7 heteroatoms. The molecule has 3 heterocycles. The zero-order valence-corrected chi connectivity index (χ0v) is 19.4. The molecule has 0 bridgehead atoms. The molecule has 1 N–H and O–H groups in total. The highest BCUT2D eigenvalue weighted by atomic mass is 16.5. The number of hydrogen-bond donors (Lipinski definition) is 1. The van der Waals surface area contributed by atoms with Gasteiger partial charge in [-0.3, -0.25) is 9.69 Å². The molecule has 3 aliphatic rings. The summed E-state index contributed by atoms with van der Waals surface area (Å²) in [5.41, 5.74) is 3.66. The van der Waals surface area contributed by atoms with Crippen molar-refractivity contribution in [3.05, 3.63) is 54.1 Å². The molecule has 5 rings (SSSR count). The van der Waals surface area contributed by atoms with Gasteiger partial charge in [-0.15, -0.1) is 0 Å². The first kappa shape index (κ1) is 22.0. The molecular formula is C26H34N4O3. The van der Waals surface area contributed by atoms with Gasteiger partial charge in [-0.2, -0.15) is 0 Å². The summed E-state index contributed by atoms with van der Waals surface area (Å²) in [4.78, 5) is 20.7. The van der Waals surface area contributed by atoms with Crippen LogP contribution in [-0.2, 0) is 16.0 Å². The lowest BCUT2D eigenvalue weighted by molar-refractivity contribution is -0.125. The molecule has 2 aromatic carbocycles. The topological polar surface area (TPSA) is 57.3 Å². The molecule has 0 spiro atoms. The molecule has 176 valence electrons. The van der Waals surface area contributed by atoms with Gasteiger partial charge in [0.05, 0.1) is 32.3 Å². The maximum atomic E-state index is 13.4. The zero-order valence-electron chi connectivity index (χ0n) is 19.4. The number of nitrogens with zero attached hydrogens (tertiary/aromatic N) is 3. The number of carbonyl (C=O) groups is 1. The van der Waals surface area contributed by atoms with E-state index in [1.807, 2.05) is 12.1 Å². The zero-order chi connectivity index (χ0) is 22.6. The third kappa shape index (κ3) is 4.80. The predicted molar refractivity (Wildman–Crippen MR) is 130 cm³/mol. The maximum Gasteiger partial charge on any atom is 0.225 e. The van der Waals surface area contributed by atoms with Crippen LogP contribution < -0.4 is 19.9 Å². The number of ether oxygens (including phenoxy) is 2. The van der Waals surface area contributed by atoms with E-state index < -0.39 is 0 Å². The van der Waals surface area contributed by atoms with E-state index in [2.05, 4.69) is 56.4 Å². The number of rotatable bonds is 6. The summed E-state index contributed by atoms with van der Waals surface area (Å²) in [7, 11) is 1.71. The molecule has 3 aliphatic heterocycles. The van der Waals surface area contributed by atoms with E-state index in [4.69, 9.17) is 9.47 Å². The number of nitrogens with one attached hydrogen (secondary N) is 1. The lowest BCUT2D eigenvalue weighted by Crippen LogP contribution is -2.61. The van der Waals surface area contributed by atoms with Crippen molar-refractivity contribution in [3.8, 4) is 5.75 Å². The van der Waals surface area contributed by atoms with Gasteiger partial charge in [0.2, 0.25) is 5.91 Å². The van der Waals surface area contributed by atoms with Crippen LogP contribution in [0.25, 0.3) is 0 Å². The number of methoxy groups -OCH3 is 1. The summed E-state index contributed by atoms with van der Waals surface area (Å²) in [6.07, 6.45) is 0.756. The highest BCUT2D eigenvalue weighted by molar-refractivity contribution is 5.82. The molecule has 1 amide bonds. The van der Waals surface area contributed by atoms with Gasteiger partial charge in [0.1, 0.15) is 5.75 Å². The quantitative estimate of drug-likeness (QED) is 0.727. The fraction of sp³-hybridized carbons (Fsp3) is 0.500. The Kier molecular flexibility index (Phi) is 6.69. The molecular weight excluding hydrogens is 416 g/mol. The average Bonchev–Trinajstić information content (AvgIpc) is 2.88. The molecule has 2 fully saturated rings. The van der Waals surface area contributed by atoms with Crippen LogP contribution in [0.2, 0.25) is 0 Å². The fourth-order valence-corrected chi connectivity index (χ4v) is 5.37. The van der Waals surface area contributed by atoms with Crippen molar-refractivity contribution >= 4 is 17.3 Å². The number of hydrogen-bond acceptors (Lipinski definition) is 6. The van der Waals surface area contributed by atoms with E-state index in [-0.39, 0.29) is 17.9 Å². The predicted octanol–water partition coefficient (Wildman–Crippen LogP) is 2.01. The number of carbonyl (C=O) groups excluding carboxylic acids is 1. The molecule has 0 saturated carbocycles. The second-order valence-corrected chi connectivity index (χ2v) is 9.09. The maximum absolute atomic E-state index is 13.4. The van der Waals surface area contributed by atoms with Gasteiger partial charge < -0.3 is 24.6 Å². The lowest BCUT2D eigenvalue weighted by atomic mass is 9.83. The highest BCUT2D eigenvalue weighted by Crippen LogP contribution is 2.38. The van der Waals surface area contributed by atoms with Crippen molar-refractivity contribution in [1.82, 2.24) is 10.2 Å². The van der Waals surface area contributed by atoms with Crippen LogP contribution >= 0.6 is 0 Å². The molecule has 0 radical (unpaired) electrons. The molecule has 33 heavy (non-hydrogen) atoms. The van der Waals surface area contributed by atoms with Gasteiger partial charge in [-0.25, -0.2) is 0 Å². The van der Waals surface area contributed by atoms with Crippen LogP contribution in [0.5, 0.6) is 5.75 Å². The molecule has 0 aliphatic carbocycles. The monoisotopic (exact) mass is 450 g/mol. The first-order valence-electron chi connectivity index (χ1n) is 12.0. The number of fused-ring (bicyclic) bond motifs is 3. The minimum Gasteiger partial charge on any atom is -0.497 e. The van der Waals surface area contributed by atoms with E-state index in [1.54, 1.807) is 7.11 Å². The van der Waals surface area contributed by atoms with E-state index in [0.717, 1.165) is 64.7 Å². The SMILES string of the molecule is COc1ccc2c(c1)N1CCN(c3ccccc3)C[C@@H]1[C@H](C(=O)NCCN1CCOCC1)C2. The number of amides is 1. The van der Waals surface area contributed by atoms with Crippen molar-refractivity contribution in [2.75, 3.05) is 75.9 Å². The van der Waals surface area contributed by atoms with Crippen LogP contribution in [0.3, 0.4) is 0 Å². The lowest BCUT2D eigenvalue weighted by Gasteiger charge is -2.49. The number of anilines is 2. The Balaban J connectivity index is 1.34. The second kappa shape index (κ2) is 10.0. The number of morpholine rings is 1. The van der Waals surface area contributed by atoms with Crippen LogP contribution in [-0.4, -0.2) is 83.0 Å². The fourth-order valence-electron chi connectivity index (χ4n) is 5.37. The first-order valence-corrected chi connectivity index (χ1v) is 12.0. The third-order valence-electron chi connectivity index (χ3n) is 7.21. The van der Waals surface area contributed by atoms with Crippen LogP contribution in [0.4, 0.5) is 11.4 Å². The van der Waals surface area contributed by atoms with Crippen LogP contribution in [0, 0.1) is 5.92 Å². The van der Waals surface area contributed by atoms with Crippen molar-refractivity contribution in [1.29, 1.82) is 0 Å². The molecule has 2 saturated heterocycles. The molecule has 0 unspecified atom stereocenters. The van der Waals surface area contributed by atoms with Gasteiger partial charge in [-0.1, -0.05) is 24.3 Å². The van der Waals surface area contributed by atoms with Crippen molar-refractivity contribution < 1.29 is 14.3 Å². The second-order valence-electron chi connectivity index (χ2n) is 9.09. The average molecular weight is 451 g/mol. The summed E-state index contributed by atoms with van der Waals surface area (Å²) in [6.45, 7) is 7.66. The van der Waals surface area contributed by atoms with Crippen molar-refractivity contribution in [2.45, 2.75) is 12.5 Å². The minimum atomic E-state index is -0.0814. The highest BCUT2D eigenvalue weighted by Gasteiger charge is 2.41. The van der Waals surface area contributed by atoms with Gasteiger partial charge in [0, 0.05) is 63.3 Å². The Bertz CT molecular complexity index is 948. The molecule has 2 aromatic rings. The van der Waals surface area contributed by atoms with Gasteiger partial charge in [0.25, 0.3) is 0 Å². The number of benzene rings is 2. The van der Waals surface area contributed by atoms with Crippen molar-refractivity contribution in [2.24, 2.45) is 5.92 Å². The molecule has 2 atom stereocenters. The molecule has 7 nitrogen and oxygen atoms in total. The van der Waals surface area contributed by atoms with Gasteiger partial charge in [0.15, 0.2) is 0 Å². The largest absolute Gasteiger partial charge is 0.497 e. The Hall–Kier alpha value is -2.77. The van der Waals surface area contributed by atoms with Gasteiger partial charge in [-0.05, 0) is 30.2 Å². The van der Waals surface area contributed by atoms with E-state index >= 15 is 0 Å². The number of piperazine rings is 1. The van der Waals surface area contributed by atoms with E-state index in [1.165, 1.54) is 16.9 Å². The Morgan fingerprint density at radius 3 is 2.70 bits per heavy atom. The Labute approximate surface area is 196 Å². The van der Waals surface area contributed by atoms with E-state index in [0.29, 0.717) is 6.54 Å². The Morgan fingerprint density at radius 2 is 1.91 bits per heavy atom.